The molecule has 5 rings (SSSR count). The van der Waals surface area contributed by atoms with Gasteiger partial charge >= 0.3 is 12.1 Å². The number of halogens is 8. The third-order valence-corrected chi connectivity index (χ3v) is 6.59. The zero-order valence-electron chi connectivity index (χ0n) is 20.6. The maximum atomic E-state index is 13.6. The Balaban J connectivity index is 1.50. The van der Waals surface area contributed by atoms with E-state index in [1.54, 1.807) is 0 Å². The van der Waals surface area contributed by atoms with E-state index in [0.717, 1.165) is 17.5 Å². The van der Waals surface area contributed by atoms with Gasteiger partial charge in [0, 0.05) is 17.3 Å². The van der Waals surface area contributed by atoms with Crippen molar-refractivity contribution in [3.05, 3.63) is 74.4 Å². The molecule has 19 heteroatoms. The molecule has 0 atom stereocenters. The molecule has 0 spiro atoms. The topological polar surface area (TPSA) is 133 Å². The normalized spacial score (nSPS) is 13.7. The van der Waals surface area contributed by atoms with Crippen LogP contribution in [0.2, 0.25) is 15.1 Å². The molecule has 3 aromatic heterocycles. The monoisotopic (exact) mass is 649 g/mol. The summed E-state index contributed by atoms with van der Waals surface area (Å²) in [7, 11) is 0. The van der Waals surface area contributed by atoms with Gasteiger partial charge in [0.05, 0.1) is 27.0 Å². The van der Waals surface area contributed by atoms with E-state index in [0.29, 0.717) is 4.80 Å². The standard InChI is InChI=1S/C23H15Cl3F5N9O2/c24-10-6-13(19(41)33-11-3-4-11)17(15(26)7-10)34-20(42)16-8-12(36-40(16)18-14(25)2-1-5-32-18)9-39-37-21(35-38-39)22(27,28)23(29,30)31/h1-2,5-8,11H,3-4,9H2,(H,33,41)(H,34,42). The number of carbonyl (C=O) groups is 2. The van der Waals surface area contributed by atoms with E-state index < -0.39 is 36.3 Å². The van der Waals surface area contributed by atoms with Crippen molar-refractivity contribution >= 4 is 52.3 Å². The van der Waals surface area contributed by atoms with Gasteiger partial charge in [-0.15, -0.1) is 10.2 Å². The van der Waals surface area contributed by atoms with Crippen LogP contribution >= 0.6 is 34.8 Å². The molecule has 0 bridgehead atoms. The van der Waals surface area contributed by atoms with Crippen LogP contribution in [0.4, 0.5) is 27.6 Å². The number of rotatable bonds is 8. The number of nitrogens with one attached hydrogen (secondary N) is 2. The Bertz CT molecular complexity index is 1690. The number of aromatic nitrogens is 7. The lowest BCUT2D eigenvalue weighted by molar-refractivity contribution is -0.292. The fourth-order valence-electron chi connectivity index (χ4n) is 3.62. The van der Waals surface area contributed by atoms with Crippen LogP contribution in [0.3, 0.4) is 0 Å². The number of alkyl halides is 5. The number of nitrogens with zero attached hydrogens (tertiary/aromatic N) is 7. The van der Waals surface area contributed by atoms with Gasteiger partial charge in [0.2, 0.25) is 0 Å². The van der Waals surface area contributed by atoms with Crippen LogP contribution in [0, 0.1) is 0 Å². The summed E-state index contributed by atoms with van der Waals surface area (Å²) in [5.41, 5.74) is -0.386. The number of pyridine rings is 1. The number of tetrazole rings is 1. The Labute approximate surface area is 246 Å². The van der Waals surface area contributed by atoms with Crippen molar-refractivity contribution in [1.82, 2.24) is 40.3 Å². The molecule has 0 aliphatic heterocycles. The van der Waals surface area contributed by atoms with E-state index >= 15 is 0 Å². The predicted molar refractivity (Wildman–Crippen MR) is 138 cm³/mol. The molecular formula is C23H15Cl3F5N9O2. The van der Waals surface area contributed by atoms with Gasteiger partial charge in [-0.05, 0) is 48.4 Å². The number of carbonyl (C=O) groups excluding carboxylic acids is 2. The first-order chi connectivity index (χ1) is 19.7. The van der Waals surface area contributed by atoms with Gasteiger partial charge in [-0.1, -0.05) is 34.8 Å². The van der Waals surface area contributed by atoms with Gasteiger partial charge in [0.15, 0.2) is 5.82 Å². The van der Waals surface area contributed by atoms with Crippen LogP contribution in [0.15, 0.2) is 36.5 Å². The zero-order chi connectivity index (χ0) is 30.4. The summed E-state index contributed by atoms with van der Waals surface area (Å²) in [6, 6.07) is 6.75. The molecule has 0 radical (unpaired) electrons. The number of hydrogen-bond acceptors (Lipinski definition) is 7. The molecule has 3 heterocycles. The average molecular weight is 651 g/mol. The smallest absolute Gasteiger partial charge is 0.349 e. The minimum atomic E-state index is -5.94. The molecule has 4 aromatic rings. The molecule has 1 fully saturated rings. The minimum absolute atomic E-state index is 0.0140. The van der Waals surface area contributed by atoms with Crippen molar-refractivity contribution < 1.29 is 31.5 Å². The van der Waals surface area contributed by atoms with Crippen molar-refractivity contribution in [3.63, 3.8) is 0 Å². The zero-order valence-corrected chi connectivity index (χ0v) is 22.9. The van der Waals surface area contributed by atoms with Crippen LogP contribution in [-0.4, -0.2) is 59.0 Å². The lowest BCUT2D eigenvalue weighted by atomic mass is 10.1. The summed E-state index contributed by atoms with van der Waals surface area (Å²) >= 11 is 18.7. The van der Waals surface area contributed by atoms with Gasteiger partial charge in [-0.2, -0.15) is 31.8 Å². The SMILES string of the molecule is O=C(NC1CC1)c1cc(Cl)cc(Cl)c1NC(=O)c1cc(Cn2nnc(C(F)(F)C(F)(F)F)n2)nn1-c1ncccc1Cl. The van der Waals surface area contributed by atoms with Gasteiger partial charge < -0.3 is 10.6 Å². The van der Waals surface area contributed by atoms with Gasteiger partial charge in [0.25, 0.3) is 17.6 Å². The van der Waals surface area contributed by atoms with Crippen LogP contribution in [0.25, 0.3) is 5.82 Å². The molecule has 220 valence electrons. The van der Waals surface area contributed by atoms with Crippen LogP contribution in [-0.2, 0) is 12.5 Å². The van der Waals surface area contributed by atoms with Crippen LogP contribution in [0.5, 0.6) is 0 Å². The van der Waals surface area contributed by atoms with Crippen molar-refractivity contribution in [1.29, 1.82) is 0 Å². The molecule has 42 heavy (non-hydrogen) atoms. The van der Waals surface area contributed by atoms with Crippen molar-refractivity contribution in [2.75, 3.05) is 5.32 Å². The quantitative estimate of drug-likeness (QED) is 0.255. The molecule has 1 aliphatic rings. The fourth-order valence-corrected chi connectivity index (χ4v) is 4.36. The van der Waals surface area contributed by atoms with Crippen molar-refractivity contribution in [3.8, 4) is 5.82 Å². The largest absolute Gasteiger partial charge is 0.461 e. The lowest BCUT2D eigenvalue weighted by Gasteiger charge is -2.14. The first-order valence-corrected chi connectivity index (χ1v) is 12.9. The summed E-state index contributed by atoms with van der Waals surface area (Å²) in [5, 5.41) is 18.8. The van der Waals surface area contributed by atoms with E-state index in [2.05, 4.69) is 36.1 Å². The second kappa shape index (κ2) is 11.1. The minimum Gasteiger partial charge on any atom is -0.349 e. The third kappa shape index (κ3) is 6.00. The highest BCUT2D eigenvalue weighted by atomic mass is 35.5. The second-order valence-corrected chi connectivity index (χ2v) is 10.2. The third-order valence-electron chi connectivity index (χ3n) is 5.78. The highest BCUT2D eigenvalue weighted by Gasteiger charge is 2.62. The first kappa shape index (κ1) is 29.6. The molecule has 1 aliphatic carbocycles. The molecule has 2 N–H and O–H groups in total. The lowest BCUT2D eigenvalue weighted by Crippen LogP contribution is -2.35. The Hall–Kier alpha value is -3.89. The Morgan fingerprint density at radius 2 is 1.74 bits per heavy atom. The summed E-state index contributed by atoms with van der Waals surface area (Å²) in [5.74, 6) is -8.63. The fraction of sp³-hybridized carbons (Fsp3) is 0.261. The Kier molecular flexibility index (Phi) is 7.80. The van der Waals surface area contributed by atoms with Gasteiger partial charge in [0.1, 0.15) is 12.2 Å². The number of amides is 2. The number of benzene rings is 1. The van der Waals surface area contributed by atoms with Crippen molar-refractivity contribution in [2.24, 2.45) is 0 Å². The van der Waals surface area contributed by atoms with Crippen LogP contribution in [0.1, 0.15) is 45.2 Å². The molecule has 11 nitrogen and oxygen atoms in total. The maximum absolute atomic E-state index is 13.6. The summed E-state index contributed by atoms with van der Waals surface area (Å²) in [6.45, 7) is -0.574. The highest BCUT2D eigenvalue weighted by molar-refractivity contribution is 6.38. The average Bonchev–Trinajstić information content (AvgIpc) is 3.42. The predicted octanol–water partition coefficient (Wildman–Crippen LogP) is 5.06. The summed E-state index contributed by atoms with van der Waals surface area (Å²) in [6.07, 6.45) is -3.00. The number of anilines is 1. The number of hydrogen-bond donors (Lipinski definition) is 2. The van der Waals surface area contributed by atoms with Gasteiger partial charge in [-0.25, -0.2) is 9.67 Å². The summed E-state index contributed by atoms with van der Waals surface area (Å²) < 4.78 is 66.4. The maximum Gasteiger partial charge on any atom is 0.461 e. The Morgan fingerprint density at radius 1 is 1.00 bits per heavy atom. The Morgan fingerprint density at radius 3 is 2.40 bits per heavy atom. The van der Waals surface area contributed by atoms with Crippen LogP contribution < -0.4 is 10.6 Å². The molecule has 0 saturated heterocycles. The highest BCUT2D eigenvalue weighted by Crippen LogP contribution is 2.42. The summed E-state index contributed by atoms with van der Waals surface area (Å²) in [4.78, 5) is 30.9. The molecule has 0 unspecified atom stereocenters. The molecule has 1 saturated carbocycles. The molecule has 2 amide bonds. The molecular weight excluding hydrogens is 636 g/mol. The second-order valence-electron chi connectivity index (χ2n) is 8.97. The van der Waals surface area contributed by atoms with E-state index in [1.807, 2.05) is 0 Å². The van der Waals surface area contributed by atoms with Crippen molar-refractivity contribution in [2.45, 2.75) is 37.5 Å². The van der Waals surface area contributed by atoms with E-state index in [4.69, 9.17) is 34.8 Å². The first-order valence-electron chi connectivity index (χ1n) is 11.8. The van der Waals surface area contributed by atoms with E-state index in [-0.39, 0.29) is 49.6 Å². The molecule has 1 aromatic carbocycles. The van der Waals surface area contributed by atoms with E-state index in [1.165, 1.54) is 36.5 Å². The van der Waals surface area contributed by atoms with E-state index in [9.17, 15) is 31.5 Å². The van der Waals surface area contributed by atoms with Gasteiger partial charge in [-0.3, -0.25) is 9.59 Å².